The van der Waals surface area contributed by atoms with E-state index >= 15 is 0 Å². The summed E-state index contributed by atoms with van der Waals surface area (Å²) >= 11 is 0. The van der Waals surface area contributed by atoms with Gasteiger partial charge in [-0.25, -0.2) is 8.42 Å². The molecule has 0 atom stereocenters. The lowest BCUT2D eigenvalue weighted by Crippen LogP contribution is -2.33. The first-order chi connectivity index (χ1) is 12.4. The zero-order valence-electron chi connectivity index (χ0n) is 14.9. The standard InChI is InChI=1S/C18H22N2O5S/c1-24-16-10-6-4-8-14(16)19-18(21)12-13-20(26(3,22)23)15-9-5-7-11-17(15)25-2/h4-11H,12-13H2,1-3H3,(H,19,21). The monoisotopic (exact) mass is 378 g/mol. The summed E-state index contributed by atoms with van der Waals surface area (Å²) < 4.78 is 36.0. The van der Waals surface area contributed by atoms with Crippen molar-refractivity contribution in [3.05, 3.63) is 48.5 Å². The summed E-state index contributed by atoms with van der Waals surface area (Å²) in [5.74, 6) is 0.631. The normalized spacial score (nSPS) is 10.9. The van der Waals surface area contributed by atoms with E-state index in [1.54, 1.807) is 48.5 Å². The van der Waals surface area contributed by atoms with Crippen molar-refractivity contribution in [2.45, 2.75) is 6.42 Å². The van der Waals surface area contributed by atoms with Crippen LogP contribution in [0.4, 0.5) is 11.4 Å². The molecule has 0 aromatic heterocycles. The van der Waals surface area contributed by atoms with Crippen LogP contribution in [0.2, 0.25) is 0 Å². The minimum Gasteiger partial charge on any atom is -0.495 e. The molecule has 2 rings (SSSR count). The second kappa shape index (κ2) is 8.57. The second-order valence-corrected chi connectivity index (χ2v) is 7.41. The van der Waals surface area contributed by atoms with Gasteiger partial charge in [0.25, 0.3) is 0 Å². The highest BCUT2D eigenvalue weighted by atomic mass is 32.2. The highest BCUT2D eigenvalue weighted by molar-refractivity contribution is 7.92. The number of amides is 1. The van der Waals surface area contributed by atoms with Gasteiger partial charge in [0.2, 0.25) is 15.9 Å². The number of anilines is 2. The molecule has 0 aliphatic carbocycles. The van der Waals surface area contributed by atoms with E-state index in [0.717, 1.165) is 10.6 Å². The summed E-state index contributed by atoms with van der Waals surface area (Å²) in [6.07, 6.45) is 1.07. The predicted molar refractivity (Wildman–Crippen MR) is 101 cm³/mol. The second-order valence-electron chi connectivity index (χ2n) is 5.51. The lowest BCUT2D eigenvalue weighted by molar-refractivity contribution is -0.116. The number of hydrogen-bond acceptors (Lipinski definition) is 5. The van der Waals surface area contributed by atoms with Crippen molar-refractivity contribution < 1.29 is 22.7 Å². The van der Waals surface area contributed by atoms with E-state index in [9.17, 15) is 13.2 Å². The first kappa shape index (κ1) is 19.6. The molecule has 0 fully saturated rings. The number of para-hydroxylation sites is 4. The summed E-state index contributed by atoms with van der Waals surface area (Å²) in [5, 5.41) is 2.73. The molecule has 140 valence electrons. The Morgan fingerprint density at radius 2 is 1.58 bits per heavy atom. The zero-order valence-corrected chi connectivity index (χ0v) is 15.7. The Labute approximate surface area is 153 Å². The highest BCUT2D eigenvalue weighted by Crippen LogP contribution is 2.29. The van der Waals surface area contributed by atoms with Gasteiger partial charge in [0.05, 0.1) is 31.9 Å². The molecule has 2 aromatic rings. The van der Waals surface area contributed by atoms with Crippen molar-refractivity contribution in [1.82, 2.24) is 0 Å². The predicted octanol–water partition coefficient (Wildman–Crippen LogP) is 2.50. The van der Waals surface area contributed by atoms with Gasteiger partial charge in [0, 0.05) is 13.0 Å². The van der Waals surface area contributed by atoms with Crippen LogP contribution >= 0.6 is 0 Å². The van der Waals surface area contributed by atoms with Crippen molar-refractivity contribution in [2.24, 2.45) is 0 Å². The molecule has 0 bridgehead atoms. The molecule has 2 aromatic carbocycles. The number of ether oxygens (including phenoxy) is 2. The quantitative estimate of drug-likeness (QED) is 0.763. The molecule has 0 saturated heterocycles. The molecule has 0 aliphatic heterocycles. The molecule has 0 aliphatic rings. The van der Waals surface area contributed by atoms with Crippen LogP contribution in [-0.4, -0.2) is 41.3 Å². The number of carbonyl (C=O) groups is 1. The largest absolute Gasteiger partial charge is 0.495 e. The Bertz CT molecular complexity index is 867. The van der Waals surface area contributed by atoms with E-state index in [1.165, 1.54) is 14.2 Å². The maximum Gasteiger partial charge on any atom is 0.232 e. The molecule has 7 nitrogen and oxygen atoms in total. The van der Waals surface area contributed by atoms with Crippen molar-refractivity contribution in [1.29, 1.82) is 0 Å². The van der Waals surface area contributed by atoms with E-state index in [-0.39, 0.29) is 18.9 Å². The summed E-state index contributed by atoms with van der Waals surface area (Å²) in [6.45, 7) is -0.0137. The van der Waals surface area contributed by atoms with Crippen molar-refractivity contribution in [3.63, 3.8) is 0 Å². The Morgan fingerprint density at radius 1 is 1.00 bits per heavy atom. The van der Waals surface area contributed by atoms with Gasteiger partial charge < -0.3 is 14.8 Å². The highest BCUT2D eigenvalue weighted by Gasteiger charge is 2.22. The average Bonchev–Trinajstić information content (AvgIpc) is 2.61. The van der Waals surface area contributed by atoms with E-state index in [0.29, 0.717) is 22.9 Å². The van der Waals surface area contributed by atoms with Crippen LogP contribution in [0.15, 0.2) is 48.5 Å². The van der Waals surface area contributed by atoms with E-state index in [2.05, 4.69) is 5.32 Å². The third-order valence-corrected chi connectivity index (χ3v) is 4.86. The minimum absolute atomic E-state index is 0.0137. The lowest BCUT2D eigenvalue weighted by atomic mass is 10.2. The molecule has 26 heavy (non-hydrogen) atoms. The first-order valence-electron chi connectivity index (χ1n) is 7.90. The van der Waals surface area contributed by atoms with E-state index < -0.39 is 10.0 Å². The van der Waals surface area contributed by atoms with E-state index in [1.807, 2.05) is 0 Å². The van der Waals surface area contributed by atoms with Gasteiger partial charge in [0.15, 0.2) is 0 Å². The molecular weight excluding hydrogens is 356 g/mol. The van der Waals surface area contributed by atoms with Gasteiger partial charge in [-0.3, -0.25) is 9.10 Å². The van der Waals surface area contributed by atoms with Crippen LogP contribution in [0.1, 0.15) is 6.42 Å². The number of nitrogens with one attached hydrogen (secondary N) is 1. The number of hydrogen-bond donors (Lipinski definition) is 1. The van der Waals surface area contributed by atoms with E-state index in [4.69, 9.17) is 9.47 Å². The molecule has 0 spiro atoms. The van der Waals surface area contributed by atoms with Crippen molar-refractivity contribution >= 4 is 27.3 Å². The Hall–Kier alpha value is -2.74. The molecule has 0 radical (unpaired) electrons. The van der Waals surface area contributed by atoms with Crippen LogP contribution in [0.25, 0.3) is 0 Å². The Balaban J connectivity index is 2.14. The number of carbonyl (C=O) groups excluding carboxylic acids is 1. The number of benzene rings is 2. The fourth-order valence-electron chi connectivity index (χ4n) is 2.46. The first-order valence-corrected chi connectivity index (χ1v) is 9.75. The van der Waals surface area contributed by atoms with Crippen LogP contribution in [-0.2, 0) is 14.8 Å². The lowest BCUT2D eigenvalue weighted by Gasteiger charge is -2.24. The van der Waals surface area contributed by atoms with Gasteiger partial charge >= 0.3 is 0 Å². The number of methoxy groups -OCH3 is 2. The van der Waals surface area contributed by atoms with Gasteiger partial charge in [-0.15, -0.1) is 0 Å². The number of rotatable bonds is 8. The Kier molecular flexibility index (Phi) is 6.46. The minimum atomic E-state index is -3.58. The maximum atomic E-state index is 12.3. The van der Waals surface area contributed by atoms with Crippen molar-refractivity contribution in [2.75, 3.05) is 36.6 Å². The molecule has 0 unspecified atom stereocenters. The summed E-state index contributed by atoms with van der Waals surface area (Å²) in [7, 11) is -0.605. The third kappa shape index (κ3) is 4.89. The summed E-state index contributed by atoms with van der Waals surface area (Å²) in [6, 6.07) is 13.8. The molecule has 0 heterocycles. The van der Waals surface area contributed by atoms with Crippen LogP contribution < -0.4 is 19.1 Å². The smallest absolute Gasteiger partial charge is 0.232 e. The van der Waals surface area contributed by atoms with Crippen molar-refractivity contribution in [3.8, 4) is 11.5 Å². The zero-order chi connectivity index (χ0) is 19.2. The Morgan fingerprint density at radius 3 is 2.19 bits per heavy atom. The van der Waals surface area contributed by atoms with Gasteiger partial charge in [-0.1, -0.05) is 24.3 Å². The molecule has 8 heteroatoms. The SMILES string of the molecule is COc1ccccc1NC(=O)CCN(c1ccccc1OC)S(C)(=O)=O. The molecular formula is C18H22N2O5S. The summed E-state index contributed by atoms with van der Waals surface area (Å²) in [4.78, 5) is 12.3. The maximum absolute atomic E-state index is 12.3. The van der Waals surface area contributed by atoms with Crippen LogP contribution in [0.5, 0.6) is 11.5 Å². The third-order valence-electron chi connectivity index (χ3n) is 3.68. The molecule has 0 saturated carbocycles. The van der Waals surface area contributed by atoms with Gasteiger partial charge in [-0.2, -0.15) is 0 Å². The molecule has 1 amide bonds. The number of sulfonamides is 1. The fraction of sp³-hybridized carbons (Fsp3) is 0.278. The molecule has 1 N–H and O–H groups in total. The van der Waals surface area contributed by atoms with Gasteiger partial charge in [-0.05, 0) is 24.3 Å². The average molecular weight is 378 g/mol. The summed E-state index contributed by atoms with van der Waals surface area (Å²) in [5.41, 5.74) is 0.922. The number of nitrogens with zero attached hydrogens (tertiary/aromatic N) is 1. The topological polar surface area (TPSA) is 84.9 Å². The van der Waals surface area contributed by atoms with Gasteiger partial charge in [0.1, 0.15) is 11.5 Å². The van der Waals surface area contributed by atoms with Crippen LogP contribution in [0, 0.1) is 0 Å². The fourth-order valence-corrected chi connectivity index (χ4v) is 3.40. The van der Waals surface area contributed by atoms with Crippen LogP contribution in [0.3, 0.4) is 0 Å².